The number of para-hydroxylation sites is 1. The zero-order valence-electron chi connectivity index (χ0n) is 15.7. The Morgan fingerprint density at radius 1 is 0.897 bits per heavy atom. The summed E-state index contributed by atoms with van der Waals surface area (Å²) in [6, 6.07) is 14.6. The van der Waals surface area contributed by atoms with Gasteiger partial charge in [0.25, 0.3) is 0 Å². The highest BCUT2D eigenvalue weighted by atomic mass is 35.5. The summed E-state index contributed by atoms with van der Waals surface area (Å²) in [4.78, 5) is 16.9. The van der Waals surface area contributed by atoms with Crippen LogP contribution in [0.1, 0.15) is 0 Å². The van der Waals surface area contributed by atoms with Gasteiger partial charge in [0.05, 0.1) is 16.0 Å². The molecule has 9 heteroatoms. The van der Waals surface area contributed by atoms with E-state index in [-0.39, 0.29) is 39.9 Å². The van der Waals surface area contributed by atoms with Gasteiger partial charge in [0.15, 0.2) is 0 Å². The molecule has 4 rings (SSSR count). The lowest BCUT2D eigenvalue weighted by Crippen LogP contribution is -2.59. The van der Waals surface area contributed by atoms with Crippen molar-refractivity contribution >= 4 is 44.8 Å². The third kappa shape index (κ3) is 3.97. The third-order valence-electron chi connectivity index (χ3n) is 5.44. The molecule has 0 unspecified atom stereocenters. The molecule has 1 amide bonds. The van der Waals surface area contributed by atoms with Crippen LogP contribution in [0.2, 0.25) is 10.0 Å². The molecular weight excluding hydrogens is 433 g/mol. The average molecular weight is 454 g/mol. The van der Waals surface area contributed by atoms with E-state index in [2.05, 4.69) is 17.0 Å². The summed E-state index contributed by atoms with van der Waals surface area (Å²) in [5.41, 5.74) is 1.15. The quantitative estimate of drug-likeness (QED) is 0.713. The van der Waals surface area contributed by atoms with Crippen LogP contribution in [-0.4, -0.2) is 62.8 Å². The van der Waals surface area contributed by atoms with E-state index in [9.17, 15) is 13.2 Å². The van der Waals surface area contributed by atoms with E-state index in [0.717, 1.165) is 18.8 Å². The molecule has 29 heavy (non-hydrogen) atoms. The van der Waals surface area contributed by atoms with E-state index < -0.39 is 10.0 Å². The molecule has 2 aromatic carbocycles. The Morgan fingerprint density at radius 2 is 1.55 bits per heavy atom. The maximum absolute atomic E-state index is 12.8. The Balaban J connectivity index is 1.34. The van der Waals surface area contributed by atoms with Crippen LogP contribution >= 0.6 is 23.2 Å². The SMILES string of the molecule is O=C(C1CN(S(=O)(=O)c2cccc(Cl)c2Cl)C1)N1CCN(c2ccccc2)CC1. The minimum Gasteiger partial charge on any atom is -0.368 e. The molecule has 6 nitrogen and oxygen atoms in total. The first-order valence-electron chi connectivity index (χ1n) is 9.41. The van der Waals surface area contributed by atoms with Crippen molar-refractivity contribution in [1.29, 1.82) is 0 Å². The van der Waals surface area contributed by atoms with Crippen LogP contribution in [-0.2, 0) is 14.8 Å². The molecule has 2 fully saturated rings. The van der Waals surface area contributed by atoms with Gasteiger partial charge in [-0.15, -0.1) is 0 Å². The van der Waals surface area contributed by atoms with Crippen molar-refractivity contribution in [1.82, 2.24) is 9.21 Å². The molecule has 0 spiro atoms. The Kier molecular flexibility index (Phi) is 5.75. The zero-order chi connectivity index (χ0) is 20.6. The second-order valence-electron chi connectivity index (χ2n) is 7.22. The minimum atomic E-state index is -3.76. The number of amides is 1. The monoisotopic (exact) mass is 453 g/mol. The first-order valence-corrected chi connectivity index (χ1v) is 11.6. The fourth-order valence-corrected chi connectivity index (χ4v) is 5.96. The molecule has 0 radical (unpaired) electrons. The molecule has 0 N–H and O–H groups in total. The van der Waals surface area contributed by atoms with Gasteiger partial charge in [-0.05, 0) is 24.3 Å². The molecule has 2 aliphatic rings. The molecule has 154 valence electrons. The molecular formula is C20H21Cl2N3O3S. The van der Waals surface area contributed by atoms with Crippen LogP contribution in [0.3, 0.4) is 0 Å². The molecule has 2 saturated heterocycles. The minimum absolute atomic E-state index is 0.0148. The Hall–Kier alpha value is -1.80. The highest BCUT2D eigenvalue weighted by Gasteiger charge is 2.43. The fourth-order valence-electron chi connectivity index (χ4n) is 3.69. The fraction of sp³-hybridized carbons (Fsp3) is 0.350. The average Bonchev–Trinajstić information content (AvgIpc) is 2.69. The lowest BCUT2D eigenvalue weighted by atomic mass is 10.0. The van der Waals surface area contributed by atoms with E-state index in [4.69, 9.17) is 23.2 Å². The standard InChI is InChI=1S/C20H21Cl2N3O3S/c21-17-7-4-8-18(19(17)22)29(27,28)25-13-15(14-25)20(26)24-11-9-23(10-12-24)16-5-2-1-3-6-16/h1-8,15H,9-14H2. The largest absolute Gasteiger partial charge is 0.368 e. The van der Waals surface area contributed by atoms with Gasteiger partial charge in [0.1, 0.15) is 4.90 Å². The predicted molar refractivity (Wildman–Crippen MR) is 114 cm³/mol. The van der Waals surface area contributed by atoms with Crippen molar-refractivity contribution in [2.75, 3.05) is 44.2 Å². The first kappa shape index (κ1) is 20.5. The molecule has 2 aromatic rings. The topological polar surface area (TPSA) is 60.9 Å². The van der Waals surface area contributed by atoms with Gasteiger partial charge in [-0.2, -0.15) is 4.31 Å². The van der Waals surface area contributed by atoms with Crippen molar-refractivity contribution in [3.63, 3.8) is 0 Å². The number of piperazine rings is 1. The Labute approximate surface area is 180 Å². The van der Waals surface area contributed by atoms with Crippen LogP contribution in [0.25, 0.3) is 0 Å². The Bertz CT molecular complexity index is 1000. The van der Waals surface area contributed by atoms with Crippen LogP contribution in [0.15, 0.2) is 53.4 Å². The first-order chi connectivity index (χ1) is 13.9. The lowest BCUT2D eigenvalue weighted by molar-refractivity contribution is -0.139. The number of sulfonamides is 1. The number of rotatable bonds is 4. The number of halogens is 2. The molecule has 0 aromatic heterocycles. The maximum Gasteiger partial charge on any atom is 0.244 e. The molecule has 0 saturated carbocycles. The second-order valence-corrected chi connectivity index (χ2v) is 9.91. The number of hydrogen-bond acceptors (Lipinski definition) is 4. The maximum atomic E-state index is 12.8. The van der Waals surface area contributed by atoms with Gasteiger partial charge >= 0.3 is 0 Å². The number of anilines is 1. The van der Waals surface area contributed by atoms with Gasteiger partial charge in [-0.3, -0.25) is 4.79 Å². The normalized spacial score (nSPS) is 18.6. The van der Waals surface area contributed by atoms with Gasteiger partial charge in [-0.25, -0.2) is 8.42 Å². The van der Waals surface area contributed by atoms with Crippen LogP contribution < -0.4 is 4.90 Å². The van der Waals surface area contributed by atoms with Crippen LogP contribution in [0.5, 0.6) is 0 Å². The van der Waals surface area contributed by atoms with E-state index in [1.54, 1.807) is 12.1 Å². The number of hydrogen-bond donors (Lipinski definition) is 0. The zero-order valence-corrected chi connectivity index (χ0v) is 18.0. The summed E-state index contributed by atoms with van der Waals surface area (Å²) < 4.78 is 26.9. The molecule has 0 bridgehead atoms. The van der Waals surface area contributed by atoms with Crippen molar-refractivity contribution in [2.24, 2.45) is 5.92 Å². The summed E-state index contributed by atoms with van der Waals surface area (Å²) in [6.45, 7) is 3.14. The van der Waals surface area contributed by atoms with Crippen LogP contribution in [0.4, 0.5) is 5.69 Å². The van der Waals surface area contributed by atoms with E-state index >= 15 is 0 Å². The second kappa shape index (κ2) is 8.14. The van der Waals surface area contributed by atoms with Crippen molar-refractivity contribution < 1.29 is 13.2 Å². The number of nitrogens with zero attached hydrogens (tertiary/aromatic N) is 3. The van der Waals surface area contributed by atoms with Crippen molar-refractivity contribution in [3.05, 3.63) is 58.6 Å². The molecule has 0 atom stereocenters. The van der Waals surface area contributed by atoms with E-state index in [1.807, 2.05) is 23.1 Å². The summed E-state index contributed by atoms with van der Waals surface area (Å²) in [6.07, 6.45) is 0. The summed E-state index contributed by atoms with van der Waals surface area (Å²) in [5.74, 6) is -0.299. The molecule has 0 aliphatic carbocycles. The van der Waals surface area contributed by atoms with E-state index in [0.29, 0.717) is 13.1 Å². The number of benzene rings is 2. The van der Waals surface area contributed by atoms with Gasteiger partial charge in [-0.1, -0.05) is 47.5 Å². The smallest absolute Gasteiger partial charge is 0.244 e. The van der Waals surface area contributed by atoms with Crippen molar-refractivity contribution in [2.45, 2.75) is 4.90 Å². The Morgan fingerprint density at radius 3 is 2.21 bits per heavy atom. The summed E-state index contributed by atoms with van der Waals surface area (Å²) >= 11 is 12.0. The van der Waals surface area contributed by atoms with Crippen LogP contribution in [0, 0.1) is 5.92 Å². The van der Waals surface area contributed by atoms with Crippen molar-refractivity contribution in [3.8, 4) is 0 Å². The predicted octanol–water partition coefficient (Wildman–Crippen LogP) is 2.96. The highest BCUT2D eigenvalue weighted by Crippen LogP contribution is 2.34. The van der Waals surface area contributed by atoms with Gasteiger partial charge in [0.2, 0.25) is 15.9 Å². The van der Waals surface area contributed by atoms with Gasteiger partial charge in [0, 0.05) is 45.0 Å². The third-order valence-corrected chi connectivity index (χ3v) is 8.25. The van der Waals surface area contributed by atoms with E-state index in [1.165, 1.54) is 10.4 Å². The van der Waals surface area contributed by atoms with Gasteiger partial charge < -0.3 is 9.80 Å². The highest BCUT2D eigenvalue weighted by molar-refractivity contribution is 7.89. The molecule has 2 aliphatic heterocycles. The summed E-state index contributed by atoms with van der Waals surface area (Å²) in [7, 11) is -3.76. The number of carbonyl (C=O) groups is 1. The lowest BCUT2D eigenvalue weighted by Gasteiger charge is -2.42. The molecule has 2 heterocycles. The summed E-state index contributed by atoms with van der Waals surface area (Å²) in [5, 5.41) is 0.207. The number of carbonyl (C=O) groups excluding carboxylic acids is 1.